The van der Waals surface area contributed by atoms with Crippen LogP contribution in [0.4, 0.5) is 0 Å². The Morgan fingerprint density at radius 2 is 1.73 bits per heavy atom. The number of carbonyl (C=O) groups excluding carboxylic acids is 1. The molecule has 0 bridgehead atoms. The van der Waals surface area contributed by atoms with Crippen LogP contribution in [0.2, 0.25) is 0 Å². The predicted molar refractivity (Wildman–Crippen MR) is 172 cm³/mol. The highest BCUT2D eigenvalue weighted by Crippen LogP contribution is 2.36. The van der Waals surface area contributed by atoms with Crippen molar-refractivity contribution < 1.29 is 18.8 Å². The molecule has 232 valence electrons. The molecule has 5 heteroatoms. The Labute approximate surface area is 248 Å². The van der Waals surface area contributed by atoms with Gasteiger partial charge in [0.05, 0.1) is 46.9 Å². The summed E-state index contributed by atoms with van der Waals surface area (Å²) in [5.41, 5.74) is 2.74. The van der Waals surface area contributed by atoms with E-state index < -0.39 is 0 Å². The van der Waals surface area contributed by atoms with Gasteiger partial charge in [0.2, 0.25) is 0 Å². The van der Waals surface area contributed by atoms with Gasteiger partial charge in [-0.1, -0.05) is 72.4 Å². The van der Waals surface area contributed by atoms with Crippen LogP contribution in [0.15, 0.2) is 18.2 Å². The lowest BCUT2D eigenvalue weighted by Crippen LogP contribution is -2.35. The van der Waals surface area contributed by atoms with Crippen LogP contribution in [0.25, 0.3) is 0 Å². The van der Waals surface area contributed by atoms with Gasteiger partial charge in [-0.3, -0.25) is 9.69 Å². The summed E-state index contributed by atoms with van der Waals surface area (Å²) >= 11 is 0. The molecule has 2 heterocycles. The first kappa shape index (κ1) is 36.6. The maximum absolute atomic E-state index is 11.6. The summed E-state index contributed by atoms with van der Waals surface area (Å²) in [7, 11) is 6.77. The summed E-state index contributed by atoms with van der Waals surface area (Å²) in [6.07, 6.45) is 15.8. The van der Waals surface area contributed by atoms with Gasteiger partial charge in [0.25, 0.3) is 0 Å². The van der Waals surface area contributed by atoms with Crippen molar-refractivity contribution in [3.05, 3.63) is 29.3 Å². The summed E-state index contributed by atoms with van der Waals surface area (Å²) in [6.45, 7) is 12.9. The van der Waals surface area contributed by atoms with Crippen LogP contribution in [-0.2, 0) is 16.0 Å². The molecule has 0 spiro atoms. The number of unbranched alkanes of at least 4 members (excludes halogenated alkanes) is 5. The molecule has 2 unspecified atom stereocenters. The van der Waals surface area contributed by atoms with Crippen molar-refractivity contribution in [2.75, 3.05) is 54.0 Å². The first-order chi connectivity index (χ1) is 18.7. The van der Waals surface area contributed by atoms with Gasteiger partial charge >= 0.3 is 0 Å². The molecule has 0 radical (unpaired) electrons. The SMILES string of the molecule is C.CC(=O)CN1CC(c2ccc3c(c2)CCO3)CC1CCOC1CC1.CCCCC.CCCCCC[N+](C)(C)C. The lowest BCUT2D eigenvalue weighted by atomic mass is 9.93. The summed E-state index contributed by atoms with van der Waals surface area (Å²) in [6, 6.07) is 7.12. The number of nitrogens with zero attached hydrogens (tertiary/aromatic N) is 2. The molecule has 2 atom stereocenters. The topological polar surface area (TPSA) is 38.8 Å². The van der Waals surface area contributed by atoms with E-state index in [0.717, 1.165) is 49.3 Å². The van der Waals surface area contributed by atoms with E-state index in [2.05, 4.69) is 65.0 Å². The van der Waals surface area contributed by atoms with E-state index in [1.807, 2.05) is 0 Å². The summed E-state index contributed by atoms with van der Waals surface area (Å²) < 4.78 is 12.6. The van der Waals surface area contributed by atoms with E-state index >= 15 is 0 Å². The highest BCUT2D eigenvalue weighted by molar-refractivity contribution is 5.77. The number of ketones is 1. The van der Waals surface area contributed by atoms with Crippen LogP contribution >= 0.6 is 0 Å². The molecule has 40 heavy (non-hydrogen) atoms. The van der Waals surface area contributed by atoms with Crippen molar-refractivity contribution >= 4 is 5.78 Å². The van der Waals surface area contributed by atoms with Crippen molar-refractivity contribution in [2.24, 2.45) is 0 Å². The molecule has 1 aliphatic carbocycles. The first-order valence-corrected chi connectivity index (χ1v) is 16.1. The van der Waals surface area contributed by atoms with Crippen molar-refractivity contribution in [3.8, 4) is 5.75 Å². The van der Waals surface area contributed by atoms with Gasteiger partial charge in [-0.25, -0.2) is 0 Å². The molecule has 4 rings (SSSR count). The zero-order valence-corrected chi connectivity index (χ0v) is 26.6. The Morgan fingerprint density at radius 1 is 1.02 bits per heavy atom. The molecule has 1 saturated carbocycles. The molecule has 2 aliphatic heterocycles. The monoisotopic (exact) mass is 561 g/mol. The average molecular weight is 562 g/mol. The second kappa shape index (κ2) is 19.6. The minimum absolute atomic E-state index is 0. The highest BCUT2D eigenvalue weighted by atomic mass is 16.5. The highest BCUT2D eigenvalue weighted by Gasteiger charge is 2.34. The molecule has 3 aliphatic rings. The van der Waals surface area contributed by atoms with Crippen molar-refractivity contribution in [1.29, 1.82) is 0 Å². The summed E-state index contributed by atoms with van der Waals surface area (Å²) in [4.78, 5) is 14.0. The number of rotatable bonds is 14. The molecular formula is C35H65N2O3+. The Bertz CT molecular complexity index is 813. The maximum Gasteiger partial charge on any atom is 0.143 e. The molecule has 0 aromatic heterocycles. The quantitative estimate of drug-likeness (QED) is 0.170. The molecule has 2 fully saturated rings. The normalized spacial score (nSPS) is 19.9. The fourth-order valence-electron chi connectivity index (χ4n) is 5.44. The van der Waals surface area contributed by atoms with Gasteiger partial charge in [0.15, 0.2) is 0 Å². The Hall–Kier alpha value is -1.43. The largest absolute Gasteiger partial charge is 0.493 e. The number of Topliss-reactive ketones (excluding diaryl/α,β-unsaturated/α-hetero) is 1. The van der Waals surface area contributed by atoms with Crippen LogP contribution < -0.4 is 4.74 Å². The Kier molecular flexibility index (Phi) is 18.0. The molecule has 1 saturated heterocycles. The Balaban J connectivity index is 0.000000420. The van der Waals surface area contributed by atoms with Crippen molar-refractivity contribution in [1.82, 2.24) is 4.90 Å². The fourth-order valence-corrected chi connectivity index (χ4v) is 5.44. The van der Waals surface area contributed by atoms with Gasteiger partial charge in [0.1, 0.15) is 11.5 Å². The minimum atomic E-state index is 0. The van der Waals surface area contributed by atoms with Crippen molar-refractivity contribution in [2.45, 2.75) is 130 Å². The third-order valence-corrected chi connectivity index (χ3v) is 7.86. The van der Waals surface area contributed by atoms with Crippen LogP contribution in [0.5, 0.6) is 5.75 Å². The second-order valence-corrected chi connectivity index (χ2v) is 13.0. The van der Waals surface area contributed by atoms with Gasteiger partial charge < -0.3 is 14.0 Å². The van der Waals surface area contributed by atoms with Gasteiger partial charge in [0, 0.05) is 25.6 Å². The zero-order chi connectivity index (χ0) is 28.7. The van der Waals surface area contributed by atoms with Crippen LogP contribution in [0, 0.1) is 0 Å². The third-order valence-electron chi connectivity index (χ3n) is 7.86. The number of likely N-dealkylation sites (tertiary alicyclic amines) is 1. The van der Waals surface area contributed by atoms with E-state index in [9.17, 15) is 4.79 Å². The molecular weight excluding hydrogens is 496 g/mol. The standard InChI is InChI=1S/C20H27NO3.C9H22N.C5H12.CH4/c1-14(22)12-21-13-17(11-18(21)7-9-23-19-3-4-19)15-2-5-20-16(10-15)6-8-24-20;1-5-6-7-8-9-10(2,3)4;1-3-5-4-2;/h2,5,10,17-19H,3-4,6-9,11-13H2,1H3;5-9H2,1-4H3;3-5H2,1-2H3;1H4/q;+1;;. The average Bonchev–Trinajstić information content (AvgIpc) is 3.44. The number of ether oxygens (including phenoxy) is 2. The number of benzene rings is 1. The third kappa shape index (κ3) is 15.0. The van der Waals surface area contributed by atoms with E-state index in [4.69, 9.17) is 9.47 Å². The molecule has 1 aromatic rings. The first-order valence-electron chi connectivity index (χ1n) is 16.1. The second-order valence-electron chi connectivity index (χ2n) is 13.0. The van der Waals surface area contributed by atoms with Crippen LogP contribution in [0.3, 0.4) is 0 Å². The summed E-state index contributed by atoms with van der Waals surface area (Å²) in [5, 5.41) is 0. The molecule has 1 aromatic carbocycles. The number of carbonyl (C=O) groups is 1. The smallest absolute Gasteiger partial charge is 0.143 e. The zero-order valence-electron chi connectivity index (χ0n) is 26.6. The van der Waals surface area contributed by atoms with E-state index in [0.29, 0.717) is 24.6 Å². The summed E-state index contributed by atoms with van der Waals surface area (Å²) in [5.74, 6) is 1.82. The number of quaternary nitrogens is 1. The predicted octanol–water partition coefficient (Wildman–Crippen LogP) is 8.04. The molecule has 0 N–H and O–H groups in total. The lowest BCUT2D eigenvalue weighted by Gasteiger charge is -2.23. The fraction of sp³-hybridized carbons (Fsp3) is 0.800. The van der Waals surface area contributed by atoms with E-state index in [-0.39, 0.29) is 13.2 Å². The minimum Gasteiger partial charge on any atom is -0.493 e. The molecule has 0 amide bonds. The maximum atomic E-state index is 11.6. The van der Waals surface area contributed by atoms with Crippen LogP contribution in [-0.4, -0.2) is 81.3 Å². The Morgan fingerprint density at radius 3 is 2.30 bits per heavy atom. The van der Waals surface area contributed by atoms with E-state index in [1.54, 1.807) is 6.92 Å². The molecule has 5 nitrogen and oxygen atoms in total. The number of hydrogen-bond donors (Lipinski definition) is 0. The van der Waals surface area contributed by atoms with Gasteiger partial charge in [-0.2, -0.15) is 0 Å². The van der Waals surface area contributed by atoms with Gasteiger partial charge in [-0.05, 0) is 68.6 Å². The van der Waals surface area contributed by atoms with Crippen LogP contribution in [0.1, 0.15) is 123 Å². The number of hydrogen-bond acceptors (Lipinski definition) is 4. The van der Waals surface area contributed by atoms with Gasteiger partial charge in [-0.15, -0.1) is 0 Å². The van der Waals surface area contributed by atoms with Crippen molar-refractivity contribution in [3.63, 3.8) is 0 Å². The van der Waals surface area contributed by atoms with E-state index in [1.165, 1.54) is 75.5 Å². The lowest BCUT2D eigenvalue weighted by molar-refractivity contribution is -0.870. The number of fused-ring (bicyclic) bond motifs is 1.